The van der Waals surface area contributed by atoms with Gasteiger partial charge in [0.15, 0.2) is 0 Å². The van der Waals surface area contributed by atoms with Crippen molar-refractivity contribution in [3.63, 3.8) is 0 Å². The van der Waals surface area contributed by atoms with Crippen molar-refractivity contribution in [2.75, 3.05) is 13.6 Å². The summed E-state index contributed by atoms with van der Waals surface area (Å²) >= 11 is 0. The average molecular weight is 272 g/mol. The molecule has 1 fully saturated rings. The van der Waals surface area contributed by atoms with E-state index in [0.29, 0.717) is 6.54 Å². The van der Waals surface area contributed by atoms with Gasteiger partial charge in [0.25, 0.3) is 0 Å². The summed E-state index contributed by atoms with van der Waals surface area (Å²) in [6.45, 7) is 6.02. The molecule has 1 aromatic carbocycles. The largest absolute Gasteiger partial charge is 0.352 e. The number of hydrogen-bond donors (Lipinski definition) is 1. The van der Waals surface area contributed by atoms with Gasteiger partial charge in [0.1, 0.15) is 0 Å². The summed E-state index contributed by atoms with van der Waals surface area (Å²) < 4.78 is 0. The number of carbonyl (C=O) groups is 2. The Morgan fingerprint density at radius 1 is 1.45 bits per heavy atom. The van der Waals surface area contributed by atoms with Crippen LogP contribution in [0.1, 0.15) is 23.6 Å². The molecule has 20 heavy (non-hydrogen) atoms. The Morgan fingerprint density at radius 3 is 2.70 bits per heavy atom. The van der Waals surface area contributed by atoms with Gasteiger partial charge in [0.2, 0.25) is 11.8 Å². The minimum atomic E-state index is -0.338. The van der Waals surface area contributed by atoms with E-state index in [9.17, 15) is 9.59 Å². The molecule has 4 heteroatoms. The van der Waals surface area contributed by atoms with Crippen molar-refractivity contribution in [3.8, 4) is 0 Å². The van der Waals surface area contributed by atoms with Gasteiger partial charge in [-0.3, -0.25) is 9.59 Å². The fraction of sp³-hybridized carbons (Fsp3) is 0.375. The molecule has 0 aromatic heterocycles. The molecule has 0 saturated carbocycles. The van der Waals surface area contributed by atoms with Gasteiger partial charge >= 0.3 is 0 Å². The number of carbonyl (C=O) groups excluding carboxylic acids is 2. The lowest BCUT2D eigenvalue weighted by molar-refractivity contribution is -0.128. The van der Waals surface area contributed by atoms with E-state index in [2.05, 4.69) is 11.9 Å². The average Bonchev–Trinajstić information content (AvgIpc) is 2.73. The van der Waals surface area contributed by atoms with Gasteiger partial charge in [-0.25, -0.2) is 0 Å². The number of hydrogen-bond acceptors (Lipinski definition) is 2. The molecule has 1 aliphatic heterocycles. The molecule has 0 spiro atoms. The predicted octanol–water partition coefficient (Wildman–Crippen LogP) is 1.82. The van der Waals surface area contributed by atoms with Crippen LogP contribution in [0.5, 0.6) is 0 Å². The van der Waals surface area contributed by atoms with Crippen molar-refractivity contribution >= 4 is 11.8 Å². The number of aryl methyl sites for hydroxylation is 1. The van der Waals surface area contributed by atoms with Crippen LogP contribution < -0.4 is 5.32 Å². The first kappa shape index (κ1) is 14.3. The summed E-state index contributed by atoms with van der Waals surface area (Å²) in [4.78, 5) is 25.8. The van der Waals surface area contributed by atoms with Crippen molar-refractivity contribution in [2.45, 2.75) is 19.4 Å². The summed E-state index contributed by atoms with van der Waals surface area (Å²) in [6.07, 6.45) is 1.90. The SMILES string of the molecule is C=CCNC(=O)[C@@H]1CC(=O)N(C)[C@@H]1c1ccc(C)cc1. The number of nitrogens with zero attached hydrogens (tertiary/aromatic N) is 1. The molecule has 0 unspecified atom stereocenters. The van der Waals surface area contributed by atoms with Gasteiger partial charge in [0.05, 0.1) is 12.0 Å². The van der Waals surface area contributed by atoms with Crippen LogP contribution in [0, 0.1) is 12.8 Å². The van der Waals surface area contributed by atoms with Gasteiger partial charge in [-0.05, 0) is 12.5 Å². The highest BCUT2D eigenvalue weighted by Crippen LogP contribution is 2.37. The number of rotatable bonds is 4. The van der Waals surface area contributed by atoms with E-state index < -0.39 is 0 Å². The second-order valence-corrected chi connectivity index (χ2v) is 5.20. The maximum atomic E-state index is 12.2. The smallest absolute Gasteiger partial charge is 0.226 e. The van der Waals surface area contributed by atoms with Crippen LogP contribution in [0.25, 0.3) is 0 Å². The lowest BCUT2D eigenvalue weighted by Gasteiger charge is -2.25. The highest BCUT2D eigenvalue weighted by Gasteiger charge is 2.42. The lowest BCUT2D eigenvalue weighted by Crippen LogP contribution is -2.34. The van der Waals surface area contributed by atoms with Crippen LogP contribution in [0.15, 0.2) is 36.9 Å². The van der Waals surface area contributed by atoms with E-state index in [1.807, 2.05) is 31.2 Å². The lowest BCUT2D eigenvalue weighted by atomic mass is 9.92. The molecule has 0 radical (unpaired) electrons. The fourth-order valence-electron chi connectivity index (χ4n) is 2.63. The molecule has 0 aliphatic carbocycles. The Labute approximate surface area is 119 Å². The molecule has 2 amide bonds. The first-order valence-electron chi connectivity index (χ1n) is 6.75. The third-order valence-corrected chi connectivity index (χ3v) is 3.76. The minimum absolute atomic E-state index is 0.00864. The van der Waals surface area contributed by atoms with E-state index >= 15 is 0 Å². The first-order chi connectivity index (χ1) is 9.54. The number of amides is 2. The predicted molar refractivity (Wildman–Crippen MR) is 78.0 cm³/mol. The number of benzene rings is 1. The minimum Gasteiger partial charge on any atom is -0.352 e. The van der Waals surface area contributed by atoms with E-state index in [-0.39, 0.29) is 30.2 Å². The van der Waals surface area contributed by atoms with Crippen LogP contribution >= 0.6 is 0 Å². The number of likely N-dealkylation sites (tertiary alicyclic amines) is 1. The van der Waals surface area contributed by atoms with Crippen molar-refractivity contribution in [1.29, 1.82) is 0 Å². The normalized spacial score (nSPS) is 21.9. The zero-order chi connectivity index (χ0) is 14.7. The van der Waals surface area contributed by atoms with Gasteiger partial charge in [-0.1, -0.05) is 35.9 Å². The molecular weight excluding hydrogens is 252 g/mol. The van der Waals surface area contributed by atoms with Crippen molar-refractivity contribution in [2.24, 2.45) is 5.92 Å². The number of nitrogens with one attached hydrogen (secondary N) is 1. The van der Waals surface area contributed by atoms with Crippen LogP contribution in [-0.4, -0.2) is 30.3 Å². The van der Waals surface area contributed by atoms with Crippen molar-refractivity contribution in [3.05, 3.63) is 48.0 Å². The second kappa shape index (κ2) is 5.90. The summed E-state index contributed by atoms with van der Waals surface area (Å²) in [5.41, 5.74) is 2.16. The second-order valence-electron chi connectivity index (χ2n) is 5.20. The molecule has 106 valence electrons. The Balaban J connectivity index is 2.26. The highest BCUT2D eigenvalue weighted by atomic mass is 16.2. The Morgan fingerprint density at radius 2 is 2.10 bits per heavy atom. The van der Waals surface area contributed by atoms with Crippen LogP contribution in [-0.2, 0) is 9.59 Å². The molecule has 1 aromatic rings. The molecule has 0 bridgehead atoms. The zero-order valence-electron chi connectivity index (χ0n) is 11.9. The van der Waals surface area contributed by atoms with E-state index in [1.54, 1.807) is 18.0 Å². The highest BCUT2D eigenvalue weighted by molar-refractivity contribution is 5.90. The summed E-state index contributed by atoms with van der Waals surface area (Å²) in [5, 5.41) is 2.79. The molecule has 2 rings (SSSR count). The summed E-state index contributed by atoms with van der Waals surface area (Å²) in [5.74, 6) is -0.419. The summed E-state index contributed by atoms with van der Waals surface area (Å²) in [7, 11) is 1.76. The standard InChI is InChI=1S/C16H20N2O2/c1-4-9-17-16(20)13-10-14(19)18(3)15(13)12-7-5-11(2)6-8-12/h4-8,13,15H,1,9-10H2,2-3H3,(H,17,20)/t13-,15-/m1/s1. The molecule has 1 N–H and O–H groups in total. The Hall–Kier alpha value is -2.10. The maximum absolute atomic E-state index is 12.2. The van der Waals surface area contributed by atoms with Gasteiger partial charge in [-0.2, -0.15) is 0 Å². The van der Waals surface area contributed by atoms with Gasteiger partial charge in [-0.15, -0.1) is 6.58 Å². The third kappa shape index (κ3) is 2.74. The molecule has 2 atom stereocenters. The van der Waals surface area contributed by atoms with Crippen molar-refractivity contribution in [1.82, 2.24) is 10.2 Å². The van der Waals surface area contributed by atoms with Crippen LogP contribution in [0.2, 0.25) is 0 Å². The fourth-order valence-corrected chi connectivity index (χ4v) is 2.63. The molecule has 1 aliphatic rings. The quantitative estimate of drug-likeness (QED) is 0.850. The Bertz CT molecular complexity index is 522. The van der Waals surface area contributed by atoms with E-state index in [1.165, 1.54) is 0 Å². The first-order valence-corrected chi connectivity index (χ1v) is 6.75. The van der Waals surface area contributed by atoms with E-state index in [4.69, 9.17) is 0 Å². The molecular formula is C16H20N2O2. The third-order valence-electron chi connectivity index (χ3n) is 3.76. The molecule has 1 saturated heterocycles. The summed E-state index contributed by atoms with van der Waals surface area (Å²) in [6, 6.07) is 7.80. The topological polar surface area (TPSA) is 49.4 Å². The van der Waals surface area contributed by atoms with Gasteiger partial charge in [0, 0.05) is 20.0 Å². The van der Waals surface area contributed by atoms with Crippen molar-refractivity contribution < 1.29 is 9.59 Å². The Kier molecular flexibility index (Phi) is 4.23. The maximum Gasteiger partial charge on any atom is 0.226 e. The zero-order valence-corrected chi connectivity index (χ0v) is 11.9. The molecule has 1 heterocycles. The molecule has 4 nitrogen and oxygen atoms in total. The monoisotopic (exact) mass is 272 g/mol. The van der Waals surface area contributed by atoms with Gasteiger partial charge < -0.3 is 10.2 Å². The van der Waals surface area contributed by atoms with E-state index in [0.717, 1.165) is 11.1 Å². The van der Waals surface area contributed by atoms with Crippen LogP contribution in [0.3, 0.4) is 0 Å². The van der Waals surface area contributed by atoms with Crippen LogP contribution in [0.4, 0.5) is 0 Å².